The Kier molecular flexibility index (Phi) is 0.865. The fourth-order valence-electron chi connectivity index (χ4n) is 1.38. The summed E-state index contributed by atoms with van der Waals surface area (Å²) >= 11 is 0. The third-order valence-corrected chi connectivity index (χ3v) is 1.93. The van der Waals surface area contributed by atoms with Gasteiger partial charge in [0, 0.05) is 13.0 Å². The van der Waals surface area contributed by atoms with Crippen molar-refractivity contribution in [2.45, 2.75) is 19.4 Å². The second kappa shape index (κ2) is 1.56. The zero-order valence-corrected chi connectivity index (χ0v) is 5.54. The molecular formula is C8H10N+. The minimum absolute atomic E-state index is 0.596. The minimum atomic E-state index is 0.596. The summed E-state index contributed by atoms with van der Waals surface area (Å²) in [7, 11) is 0. The molecule has 0 unspecified atom stereocenters. The van der Waals surface area contributed by atoms with Gasteiger partial charge < -0.3 is 0 Å². The SMILES string of the molecule is C[C@H]1C=CC2=[N+]1C=CC2. The molecular weight excluding hydrogens is 110 g/mol. The van der Waals surface area contributed by atoms with E-state index >= 15 is 0 Å². The van der Waals surface area contributed by atoms with Gasteiger partial charge in [-0.1, -0.05) is 0 Å². The Hall–Kier alpha value is -0.850. The average Bonchev–Trinajstić information content (AvgIpc) is 2.35. The van der Waals surface area contributed by atoms with E-state index in [1.165, 1.54) is 5.71 Å². The summed E-state index contributed by atoms with van der Waals surface area (Å²) < 4.78 is 2.31. The molecule has 2 rings (SSSR count). The maximum absolute atomic E-state index is 2.31. The van der Waals surface area contributed by atoms with E-state index in [2.05, 4.69) is 35.9 Å². The monoisotopic (exact) mass is 120 g/mol. The number of hydrogen-bond donors (Lipinski definition) is 0. The average molecular weight is 120 g/mol. The van der Waals surface area contributed by atoms with Crippen LogP contribution in [0.5, 0.6) is 0 Å². The molecule has 0 aromatic carbocycles. The van der Waals surface area contributed by atoms with Crippen LogP contribution in [0, 0.1) is 0 Å². The molecule has 0 aromatic heterocycles. The molecule has 2 aliphatic rings. The standard InChI is InChI=1S/C8H10N/c1-7-4-5-8-3-2-6-9(7)8/h2,4-7H,3H2,1H3/q+1/t7-/m0/s1. The van der Waals surface area contributed by atoms with Gasteiger partial charge in [-0.2, -0.15) is 4.58 Å². The van der Waals surface area contributed by atoms with Gasteiger partial charge in [0.15, 0.2) is 18.0 Å². The Labute approximate surface area is 55.0 Å². The van der Waals surface area contributed by atoms with E-state index in [0.29, 0.717) is 6.04 Å². The van der Waals surface area contributed by atoms with Crippen molar-refractivity contribution in [1.29, 1.82) is 0 Å². The Bertz CT molecular complexity index is 221. The second-order valence-electron chi connectivity index (χ2n) is 2.59. The summed E-state index contributed by atoms with van der Waals surface area (Å²) in [5, 5.41) is 0. The van der Waals surface area contributed by atoms with Gasteiger partial charge in [-0.15, -0.1) is 0 Å². The van der Waals surface area contributed by atoms with Crippen molar-refractivity contribution in [3.8, 4) is 0 Å². The van der Waals surface area contributed by atoms with Gasteiger partial charge in [-0.25, -0.2) is 0 Å². The predicted molar refractivity (Wildman–Crippen MR) is 37.6 cm³/mol. The van der Waals surface area contributed by atoms with Crippen LogP contribution in [-0.4, -0.2) is 16.3 Å². The van der Waals surface area contributed by atoms with Crippen molar-refractivity contribution in [3.05, 3.63) is 24.4 Å². The van der Waals surface area contributed by atoms with Crippen LogP contribution in [0.2, 0.25) is 0 Å². The van der Waals surface area contributed by atoms with Gasteiger partial charge in [0.2, 0.25) is 0 Å². The van der Waals surface area contributed by atoms with Gasteiger partial charge in [-0.05, 0) is 12.2 Å². The summed E-state index contributed by atoms with van der Waals surface area (Å²) in [6, 6.07) is 0.596. The number of rotatable bonds is 0. The second-order valence-corrected chi connectivity index (χ2v) is 2.59. The van der Waals surface area contributed by atoms with Crippen molar-refractivity contribution in [1.82, 2.24) is 0 Å². The highest BCUT2D eigenvalue weighted by atomic mass is 15.0. The van der Waals surface area contributed by atoms with Crippen LogP contribution in [0.25, 0.3) is 0 Å². The lowest BCUT2D eigenvalue weighted by molar-refractivity contribution is -0.475. The van der Waals surface area contributed by atoms with E-state index in [9.17, 15) is 0 Å². The third kappa shape index (κ3) is 0.576. The molecule has 0 aliphatic carbocycles. The molecule has 1 atom stereocenters. The van der Waals surface area contributed by atoms with Crippen molar-refractivity contribution in [2.75, 3.05) is 0 Å². The molecule has 0 bridgehead atoms. The quantitative estimate of drug-likeness (QED) is 0.424. The molecule has 0 spiro atoms. The molecule has 1 heteroatoms. The van der Waals surface area contributed by atoms with Crippen LogP contribution < -0.4 is 0 Å². The zero-order chi connectivity index (χ0) is 6.27. The molecule has 0 N–H and O–H groups in total. The first-order chi connectivity index (χ1) is 4.38. The Morgan fingerprint density at radius 2 is 2.56 bits per heavy atom. The van der Waals surface area contributed by atoms with Crippen LogP contribution in [0.1, 0.15) is 13.3 Å². The molecule has 0 saturated heterocycles. The fraction of sp³-hybridized carbons (Fsp3) is 0.375. The topological polar surface area (TPSA) is 3.01 Å². The highest BCUT2D eigenvalue weighted by Crippen LogP contribution is 2.12. The van der Waals surface area contributed by atoms with Crippen LogP contribution >= 0.6 is 0 Å². The van der Waals surface area contributed by atoms with E-state index in [1.807, 2.05) is 0 Å². The Balaban J connectivity index is 2.41. The molecule has 0 aromatic rings. The lowest BCUT2D eigenvalue weighted by Crippen LogP contribution is -2.13. The normalized spacial score (nSPS) is 30.1. The molecule has 1 nitrogen and oxygen atoms in total. The summed E-state index contributed by atoms with van der Waals surface area (Å²) in [4.78, 5) is 0. The van der Waals surface area contributed by atoms with Gasteiger partial charge in [0.25, 0.3) is 0 Å². The lowest BCUT2D eigenvalue weighted by Gasteiger charge is -1.93. The molecule has 0 fully saturated rings. The van der Waals surface area contributed by atoms with Gasteiger partial charge in [-0.3, -0.25) is 0 Å². The van der Waals surface area contributed by atoms with E-state index in [-0.39, 0.29) is 0 Å². The summed E-state index contributed by atoms with van der Waals surface area (Å²) in [6.07, 6.45) is 9.94. The number of allylic oxidation sites excluding steroid dienone is 2. The molecule has 2 aliphatic heterocycles. The first-order valence-corrected chi connectivity index (χ1v) is 3.37. The van der Waals surface area contributed by atoms with E-state index in [1.54, 1.807) is 0 Å². The molecule has 9 heavy (non-hydrogen) atoms. The molecule has 2 heterocycles. The van der Waals surface area contributed by atoms with E-state index in [4.69, 9.17) is 0 Å². The molecule has 46 valence electrons. The number of hydrogen-bond acceptors (Lipinski definition) is 0. The van der Waals surface area contributed by atoms with Crippen LogP contribution in [0.4, 0.5) is 0 Å². The Morgan fingerprint density at radius 3 is 3.33 bits per heavy atom. The molecule has 0 radical (unpaired) electrons. The first-order valence-electron chi connectivity index (χ1n) is 3.37. The van der Waals surface area contributed by atoms with Crippen LogP contribution in [-0.2, 0) is 0 Å². The van der Waals surface area contributed by atoms with Gasteiger partial charge >= 0.3 is 0 Å². The van der Waals surface area contributed by atoms with Crippen molar-refractivity contribution < 1.29 is 4.58 Å². The van der Waals surface area contributed by atoms with Crippen molar-refractivity contribution >= 4 is 5.71 Å². The smallest absolute Gasteiger partial charge is 0.185 e. The van der Waals surface area contributed by atoms with E-state index < -0.39 is 0 Å². The maximum Gasteiger partial charge on any atom is 0.185 e. The van der Waals surface area contributed by atoms with E-state index in [0.717, 1.165) is 6.42 Å². The molecule has 0 saturated carbocycles. The third-order valence-electron chi connectivity index (χ3n) is 1.93. The molecule has 0 amide bonds. The summed E-state index contributed by atoms with van der Waals surface area (Å²) in [5.74, 6) is 0. The largest absolute Gasteiger partial charge is 0.196 e. The van der Waals surface area contributed by atoms with Crippen molar-refractivity contribution in [2.24, 2.45) is 0 Å². The fourth-order valence-corrected chi connectivity index (χ4v) is 1.38. The predicted octanol–water partition coefficient (Wildman–Crippen LogP) is 1.32. The van der Waals surface area contributed by atoms with Crippen LogP contribution in [0.15, 0.2) is 24.4 Å². The minimum Gasteiger partial charge on any atom is -0.196 e. The van der Waals surface area contributed by atoms with Gasteiger partial charge in [0.05, 0.1) is 6.42 Å². The summed E-state index contributed by atoms with van der Waals surface area (Å²) in [5.41, 5.74) is 1.45. The zero-order valence-electron chi connectivity index (χ0n) is 5.54. The highest BCUT2D eigenvalue weighted by molar-refractivity contribution is 5.94. The maximum atomic E-state index is 2.31. The van der Waals surface area contributed by atoms with Crippen molar-refractivity contribution in [3.63, 3.8) is 0 Å². The van der Waals surface area contributed by atoms with Crippen LogP contribution in [0.3, 0.4) is 0 Å². The Morgan fingerprint density at radius 1 is 1.67 bits per heavy atom. The lowest BCUT2D eigenvalue weighted by atomic mass is 10.3. The number of nitrogens with zero attached hydrogens (tertiary/aromatic N) is 1. The van der Waals surface area contributed by atoms with Gasteiger partial charge in [0.1, 0.15) is 0 Å². The first kappa shape index (κ1) is 4.98. The summed E-state index contributed by atoms with van der Waals surface area (Å²) in [6.45, 7) is 2.21. The highest BCUT2D eigenvalue weighted by Gasteiger charge is 2.24.